The van der Waals surface area contributed by atoms with Gasteiger partial charge >= 0.3 is 7.12 Å². The molecule has 0 aromatic carbocycles. The summed E-state index contributed by atoms with van der Waals surface area (Å²) in [5.41, 5.74) is 0.710. The SMILES string of the molecule is Cc1nc(/C=C/B2OC(C)(C)C(C)(C)O2)ccc1O. The summed E-state index contributed by atoms with van der Waals surface area (Å²) < 4.78 is 11.7. The fraction of sp³-hybridized carbons (Fsp3) is 0.500. The van der Waals surface area contributed by atoms with Crippen LogP contribution in [0.1, 0.15) is 39.1 Å². The highest BCUT2D eigenvalue weighted by Crippen LogP contribution is 2.36. The molecule has 1 aromatic heterocycles. The Kier molecular flexibility index (Phi) is 3.45. The second-order valence-electron chi connectivity index (χ2n) is 5.82. The minimum Gasteiger partial charge on any atom is -0.506 e. The van der Waals surface area contributed by atoms with E-state index >= 15 is 0 Å². The van der Waals surface area contributed by atoms with E-state index in [0.717, 1.165) is 5.69 Å². The van der Waals surface area contributed by atoms with Gasteiger partial charge in [-0.15, -0.1) is 0 Å². The first-order chi connectivity index (χ1) is 8.71. The molecule has 2 heterocycles. The molecule has 0 aliphatic carbocycles. The molecule has 1 saturated heterocycles. The Hall–Kier alpha value is -1.33. The van der Waals surface area contributed by atoms with E-state index < -0.39 is 0 Å². The smallest absolute Gasteiger partial charge is 0.487 e. The van der Waals surface area contributed by atoms with Crippen LogP contribution >= 0.6 is 0 Å². The summed E-state index contributed by atoms with van der Waals surface area (Å²) in [5, 5.41) is 9.42. The molecule has 19 heavy (non-hydrogen) atoms. The van der Waals surface area contributed by atoms with Crippen LogP contribution in [0.5, 0.6) is 5.75 Å². The molecule has 2 rings (SSSR count). The van der Waals surface area contributed by atoms with Crippen molar-refractivity contribution in [2.75, 3.05) is 0 Å². The molecule has 0 atom stereocenters. The Balaban J connectivity index is 2.10. The lowest BCUT2D eigenvalue weighted by Crippen LogP contribution is -2.41. The predicted octanol–water partition coefficient (Wildman–Crippen LogP) is 2.74. The number of hydrogen-bond donors (Lipinski definition) is 1. The molecule has 1 aliphatic rings. The Morgan fingerprint density at radius 3 is 2.26 bits per heavy atom. The summed E-state index contributed by atoms with van der Waals surface area (Å²) >= 11 is 0. The largest absolute Gasteiger partial charge is 0.506 e. The fourth-order valence-electron chi connectivity index (χ4n) is 1.81. The molecule has 0 bridgehead atoms. The zero-order chi connectivity index (χ0) is 14.3. The summed E-state index contributed by atoms with van der Waals surface area (Å²) in [5.74, 6) is 2.04. The van der Waals surface area contributed by atoms with Crippen LogP contribution in [0, 0.1) is 6.92 Å². The van der Waals surface area contributed by atoms with E-state index in [9.17, 15) is 5.11 Å². The van der Waals surface area contributed by atoms with Gasteiger partial charge in [0, 0.05) is 0 Å². The van der Waals surface area contributed by atoms with E-state index in [2.05, 4.69) is 4.98 Å². The highest BCUT2D eigenvalue weighted by molar-refractivity contribution is 6.52. The van der Waals surface area contributed by atoms with E-state index in [-0.39, 0.29) is 24.1 Å². The van der Waals surface area contributed by atoms with Crippen LogP contribution in [-0.2, 0) is 9.31 Å². The Bertz CT molecular complexity index is 495. The zero-order valence-electron chi connectivity index (χ0n) is 12.1. The van der Waals surface area contributed by atoms with E-state index in [1.54, 1.807) is 19.1 Å². The maximum Gasteiger partial charge on any atom is 0.487 e. The van der Waals surface area contributed by atoms with E-state index in [1.165, 1.54) is 0 Å². The van der Waals surface area contributed by atoms with Crippen molar-refractivity contribution in [1.29, 1.82) is 0 Å². The molecule has 0 amide bonds. The van der Waals surface area contributed by atoms with Crippen molar-refractivity contribution in [3.05, 3.63) is 29.5 Å². The van der Waals surface area contributed by atoms with Gasteiger partial charge in [0.15, 0.2) is 0 Å². The van der Waals surface area contributed by atoms with Gasteiger partial charge in [-0.2, -0.15) is 0 Å². The van der Waals surface area contributed by atoms with Crippen LogP contribution in [0.25, 0.3) is 6.08 Å². The maximum absolute atomic E-state index is 9.42. The summed E-state index contributed by atoms with van der Waals surface area (Å²) in [4.78, 5) is 4.26. The third-order valence-electron chi connectivity index (χ3n) is 3.78. The normalized spacial score (nSPS) is 21.2. The number of aromatic nitrogens is 1. The van der Waals surface area contributed by atoms with Crippen LogP contribution in [0.15, 0.2) is 18.1 Å². The molecule has 1 aliphatic heterocycles. The molecule has 0 unspecified atom stereocenters. The van der Waals surface area contributed by atoms with Crippen LogP contribution in [0.3, 0.4) is 0 Å². The standard InChI is InChI=1S/C14H20BNO3/c1-10-12(17)7-6-11(16-10)8-9-15-18-13(2,3)14(4,5)19-15/h6-9,17H,1-5H3/b9-8+. The Labute approximate surface area is 114 Å². The molecule has 0 spiro atoms. The molecule has 1 fully saturated rings. The Morgan fingerprint density at radius 2 is 1.74 bits per heavy atom. The first kappa shape index (κ1) is 14.1. The number of nitrogens with zero attached hydrogens (tertiary/aromatic N) is 1. The first-order valence-electron chi connectivity index (χ1n) is 6.42. The topological polar surface area (TPSA) is 51.6 Å². The van der Waals surface area contributed by atoms with Gasteiger partial charge in [-0.1, -0.05) is 5.98 Å². The second kappa shape index (κ2) is 4.65. The zero-order valence-corrected chi connectivity index (χ0v) is 12.1. The Morgan fingerprint density at radius 1 is 1.16 bits per heavy atom. The van der Waals surface area contributed by atoms with Crippen molar-refractivity contribution in [1.82, 2.24) is 4.98 Å². The number of aryl methyl sites for hydroxylation is 1. The van der Waals surface area contributed by atoms with E-state index in [0.29, 0.717) is 5.69 Å². The fourth-order valence-corrected chi connectivity index (χ4v) is 1.81. The van der Waals surface area contributed by atoms with Crippen LogP contribution in [0.4, 0.5) is 0 Å². The van der Waals surface area contributed by atoms with Gasteiger partial charge in [0.2, 0.25) is 0 Å². The highest BCUT2D eigenvalue weighted by atomic mass is 16.7. The average Bonchev–Trinajstić information content (AvgIpc) is 2.49. The number of aromatic hydroxyl groups is 1. The first-order valence-corrected chi connectivity index (χ1v) is 6.42. The van der Waals surface area contributed by atoms with Gasteiger partial charge in [-0.25, -0.2) is 4.98 Å². The van der Waals surface area contributed by atoms with Gasteiger partial charge in [0.25, 0.3) is 0 Å². The minimum absolute atomic E-state index is 0.202. The molecule has 5 heteroatoms. The number of rotatable bonds is 2. The molecule has 4 nitrogen and oxygen atoms in total. The lowest BCUT2D eigenvalue weighted by Gasteiger charge is -2.32. The van der Waals surface area contributed by atoms with Crippen LogP contribution in [0.2, 0.25) is 0 Å². The van der Waals surface area contributed by atoms with Crippen molar-refractivity contribution in [2.45, 2.75) is 45.8 Å². The van der Waals surface area contributed by atoms with Gasteiger partial charge in [0.05, 0.1) is 22.6 Å². The monoisotopic (exact) mass is 261 g/mol. The van der Waals surface area contributed by atoms with Crippen molar-refractivity contribution < 1.29 is 14.4 Å². The molecule has 102 valence electrons. The van der Waals surface area contributed by atoms with Gasteiger partial charge in [0.1, 0.15) is 5.75 Å². The third kappa shape index (κ3) is 2.82. The van der Waals surface area contributed by atoms with Crippen LogP contribution < -0.4 is 0 Å². The highest BCUT2D eigenvalue weighted by Gasteiger charge is 2.49. The lowest BCUT2D eigenvalue weighted by atomic mass is 9.89. The van der Waals surface area contributed by atoms with E-state index in [1.807, 2.05) is 39.7 Å². The van der Waals surface area contributed by atoms with Gasteiger partial charge in [-0.05, 0) is 52.8 Å². The molecule has 1 N–H and O–H groups in total. The summed E-state index contributed by atoms with van der Waals surface area (Å²) in [7, 11) is -0.374. The van der Waals surface area contributed by atoms with Gasteiger partial charge < -0.3 is 14.4 Å². The quantitative estimate of drug-likeness (QED) is 0.831. The predicted molar refractivity (Wildman–Crippen MR) is 75.8 cm³/mol. The number of pyridine rings is 1. The summed E-state index contributed by atoms with van der Waals surface area (Å²) in [6.07, 6.45) is 1.84. The molecular formula is C14H20BNO3. The summed E-state index contributed by atoms with van der Waals surface area (Å²) in [6, 6.07) is 3.39. The average molecular weight is 261 g/mol. The molecular weight excluding hydrogens is 241 g/mol. The molecule has 0 radical (unpaired) electrons. The minimum atomic E-state index is -0.374. The van der Waals surface area contributed by atoms with Crippen molar-refractivity contribution in [3.63, 3.8) is 0 Å². The van der Waals surface area contributed by atoms with Crippen molar-refractivity contribution in [2.24, 2.45) is 0 Å². The van der Waals surface area contributed by atoms with Crippen LogP contribution in [-0.4, -0.2) is 28.4 Å². The van der Waals surface area contributed by atoms with E-state index in [4.69, 9.17) is 9.31 Å². The summed E-state index contributed by atoms with van der Waals surface area (Å²) in [6.45, 7) is 9.84. The third-order valence-corrected chi connectivity index (χ3v) is 3.78. The van der Waals surface area contributed by atoms with Crippen molar-refractivity contribution >= 4 is 13.2 Å². The van der Waals surface area contributed by atoms with Gasteiger partial charge in [-0.3, -0.25) is 0 Å². The second-order valence-corrected chi connectivity index (χ2v) is 5.82. The lowest BCUT2D eigenvalue weighted by molar-refractivity contribution is 0.00578. The maximum atomic E-state index is 9.42. The molecule has 0 saturated carbocycles. The molecule has 1 aromatic rings. The van der Waals surface area contributed by atoms with Crippen molar-refractivity contribution in [3.8, 4) is 5.75 Å². The number of hydrogen-bond acceptors (Lipinski definition) is 4.